The Morgan fingerprint density at radius 3 is 2.77 bits per heavy atom. The Kier molecular flexibility index (Phi) is 5.21. The summed E-state index contributed by atoms with van der Waals surface area (Å²) in [5.74, 6) is -0.0793. The van der Waals surface area contributed by atoms with Crippen LogP contribution in [-0.2, 0) is 6.42 Å². The Morgan fingerprint density at radius 1 is 1.45 bits per heavy atom. The van der Waals surface area contributed by atoms with Gasteiger partial charge in [-0.1, -0.05) is 24.6 Å². The van der Waals surface area contributed by atoms with E-state index in [9.17, 15) is 14.3 Å². The molecule has 0 aliphatic rings. The number of amides is 1. The first-order valence-corrected chi connectivity index (χ1v) is 7.30. The molecule has 1 aromatic heterocycles. The van der Waals surface area contributed by atoms with E-state index in [1.165, 1.54) is 12.1 Å². The monoisotopic (exact) mass is 325 g/mol. The maximum absolute atomic E-state index is 13.3. The van der Waals surface area contributed by atoms with E-state index in [4.69, 9.17) is 16.0 Å². The molecule has 1 atom stereocenters. The average molecular weight is 326 g/mol. The van der Waals surface area contributed by atoms with Crippen molar-refractivity contribution in [3.63, 3.8) is 0 Å². The molecule has 0 spiro atoms. The van der Waals surface area contributed by atoms with Crippen molar-refractivity contribution in [3.8, 4) is 0 Å². The molecule has 2 N–H and O–H groups in total. The SMILES string of the molecule is CCc1oc(C(=O)NCC(O)c2ccc(Cl)c(F)c2)cc1C. The van der Waals surface area contributed by atoms with Crippen molar-refractivity contribution in [2.75, 3.05) is 6.54 Å². The highest BCUT2D eigenvalue weighted by molar-refractivity contribution is 6.30. The lowest BCUT2D eigenvalue weighted by Gasteiger charge is -2.12. The topological polar surface area (TPSA) is 62.5 Å². The van der Waals surface area contributed by atoms with Crippen molar-refractivity contribution in [1.29, 1.82) is 0 Å². The van der Waals surface area contributed by atoms with Crippen molar-refractivity contribution in [3.05, 3.63) is 57.8 Å². The van der Waals surface area contributed by atoms with E-state index >= 15 is 0 Å². The molecule has 118 valence electrons. The van der Waals surface area contributed by atoms with E-state index < -0.39 is 17.8 Å². The average Bonchev–Trinajstić information content (AvgIpc) is 2.88. The second-order valence-corrected chi connectivity index (χ2v) is 5.38. The third kappa shape index (κ3) is 3.67. The fourth-order valence-electron chi connectivity index (χ4n) is 2.10. The van der Waals surface area contributed by atoms with Gasteiger partial charge in [-0.2, -0.15) is 0 Å². The second kappa shape index (κ2) is 6.94. The maximum Gasteiger partial charge on any atom is 0.287 e. The third-order valence-corrected chi connectivity index (χ3v) is 3.66. The predicted octanol–water partition coefficient (Wildman–Crippen LogP) is 3.41. The number of hydrogen-bond acceptors (Lipinski definition) is 3. The number of aliphatic hydroxyl groups excluding tert-OH is 1. The van der Waals surface area contributed by atoms with Gasteiger partial charge in [-0.3, -0.25) is 4.79 Å². The standard InChI is InChI=1S/C16H17ClFNO3/c1-3-14-9(2)6-15(22-14)16(21)19-8-13(20)10-4-5-11(17)12(18)7-10/h4-7,13,20H,3,8H2,1-2H3,(H,19,21). The first kappa shape index (κ1) is 16.5. The minimum atomic E-state index is -1.03. The van der Waals surface area contributed by atoms with Crippen LogP contribution in [0.25, 0.3) is 0 Å². The summed E-state index contributed by atoms with van der Waals surface area (Å²) in [6.45, 7) is 3.75. The molecule has 4 nitrogen and oxygen atoms in total. The molecule has 1 heterocycles. The summed E-state index contributed by atoms with van der Waals surface area (Å²) in [7, 11) is 0. The van der Waals surface area contributed by atoms with Gasteiger partial charge in [0.2, 0.25) is 0 Å². The number of benzene rings is 1. The second-order valence-electron chi connectivity index (χ2n) is 4.97. The zero-order chi connectivity index (χ0) is 16.3. The smallest absolute Gasteiger partial charge is 0.287 e. The van der Waals surface area contributed by atoms with Crippen LogP contribution in [0.15, 0.2) is 28.7 Å². The van der Waals surface area contributed by atoms with Crippen LogP contribution in [-0.4, -0.2) is 17.6 Å². The Bertz CT molecular complexity index is 684. The Hall–Kier alpha value is -1.85. The minimum absolute atomic E-state index is 0.0156. The maximum atomic E-state index is 13.3. The molecule has 0 radical (unpaired) electrons. The lowest BCUT2D eigenvalue weighted by Crippen LogP contribution is -2.28. The minimum Gasteiger partial charge on any atom is -0.456 e. The molecule has 2 rings (SSSR count). The fraction of sp³-hybridized carbons (Fsp3) is 0.312. The number of halogens is 2. The molecule has 0 saturated carbocycles. The van der Waals surface area contributed by atoms with Gasteiger partial charge in [0, 0.05) is 13.0 Å². The molecule has 22 heavy (non-hydrogen) atoms. The molecular formula is C16H17ClFNO3. The van der Waals surface area contributed by atoms with E-state index in [-0.39, 0.29) is 17.3 Å². The van der Waals surface area contributed by atoms with Crippen molar-refractivity contribution >= 4 is 17.5 Å². The Morgan fingerprint density at radius 2 is 2.18 bits per heavy atom. The quantitative estimate of drug-likeness (QED) is 0.885. The van der Waals surface area contributed by atoms with Crippen LogP contribution in [0.1, 0.15) is 40.5 Å². The van der Waals surface area contributed by atoms with Crippen molar-refractivity contribution in [1.82, 2.24) is 5.32 Å². The van der Waals surface area contributed by atoms with Gasteiger partial charge in [-0.25, -0.2) is 4.39 Å². The number of aryl methyl sites for hydroxylation is 2. The highest BCUT2D eigenvalue weighted by atomic mass is 35.5. The van der Waals surface area contributed by atoms with E-state index in [2.05, 4.69) is 5.32 Å². The third-order valence-electron chi connectivity index (χ3n) is 3.35. The number of nitrogens with one attached hydrogen (secondary N) is 1. The number of aliphatic hydroxyl groups is 1. The zero-order valence-electron chi connectivity index (χ0n) is 12.3. The number of hydrogen-bond donors (Lipinski definition) is 2. The number of carbonyl (C=O) groups is 1. The van der Waals surface area contributed by atoms with Crippen LogP contribution in [0, 0.1) is 12.7 Å². The molecule has 1 unspecified atom stereocenters. The van der Waals surface area contributed by atoms with Gasteiger partial charge in [0.1, 0.15) is 11.6 Å². The van der Waals surface area contributed by atoms with E-state index in [0.29, 0.717) is 12.0 Å². The summed E-state index contributed by atoms with van der Waals surface area (Å²) in [5, 5.41) is 12.5. The molecule has 2 aromatic rings. The van der Waals surface area contributed by atoms with Crippen LogP contribution in [0.3, 0.4) is 0 Å². The van der Waals surface area contributed by atoms with Gasteiger partial charge in [-0.15, -0.1) is 0 Å². The van der Waals surface area contributed by atoms with Crippen LogP contribution in [0.2, 0.25) is 5.02 Å². The number of rotatable bonds is 5. The van der Waals surface area contributed by atoms with Gasteiger partial charge in [0.25, 0.3) is 5.91 Å². The molecule has 0 fully saturated rings. The van der Waals surface area contributed by atoms with Crippen LogP contribution in [0.4, 0.5) is 4.39 Å². The zero-order valence-corrected chi connectivity index (χ0v) is 13.1. The van der Waals surface area contributed by atoms with Gasteiger partial charge >= 0.3 is 0 Å². The molecule has 0 aliphatic carbocycles. The van der Waals surface area contributed by atoms with Crippen LogP contribution in [0.5, 0.6) is 0 Å². The van der Waals surface area contributed by atoms with Gasteiger partial charge < -0.3 is 14.8 Å². The highest BCUT2D eigenvalue weighted by Gasteiger charge is 2.16. The van der Waals surface area contributed by atoms with Gasteiger partial charge in [0.15, 0.2) is 5.76 Å². The number of furan rings is 1. The highest BCUT2D eigenvalue weighted by Crippen LogP contribution is 2.20. The largest absolute Gasteiger partial charge is 0.456 e. The van der Waals surface area contributed by atoms with Crippen molar-refractivity contribution < 1.29 is 18.7 Å². The lowest BCUT2D eigenvalue weighted by atomic mass is 10.1. The summed E-state index contributed by atoms with van der Waals surface area (Å²) in [6.07, 6.45) is -0.330. The first-order valence-electron chi connectivity index (χ1n) is 6.93. The molecule has 0 aliphatic heterocycles. The van der Waals surface area contributed by atoms with Crippen molar-refractivity contribution in [2.24, 2.45) is 0 Å². The summed E-state index contributed by atoms with van der Waals surface area (Å²) in [5.41, 5.74) is 1.25. The molecule has 1 aromatic carbocycles. The van der Waals surface area contributed by atoms with Gasteiger partial charge in [0.05, 0.1) is 11.1 Å². The Labute approximate surface area is 132 Å². The molecular weight excluding hydrogens is 309 g/mol. The summed E-state index contributed by atoms with van der Waals surface area (Å²) < 4.78 is 18.8. The predicted molar refractivity (Wildman–Crippen MR) is 81.5 cm³/mol. The van der Waals surface area contributed by atoms with Crippen LogP contribution >= 0.6 is 11.6 Å². The normalized spacial score (nSPS) is 12.2. The van der Waals surface area contributed by atoms with E-state index in [1.807, 2.05) is 13.8 Å². The molecule has 0 saturated heterocycles. The van der Waals surface area contributed by atoms with E-state index in [1.54, 1.807) is 6.07 Å². The molecule has 1 amide bonds. The molecule has 6 heteroatoms. The fourth-order valence-corrected chi connectivity index (χ4v) is 2.21. The van der Waals surface area contributed by atoms with Gasteiger partial charge in [-0.05, 0) is 36.2 Å². The lowest BCUT2D eigenvalue weighted by molar-refractivity contribution is 0.0887. The summed E-state index contributed by atoms with van der Waals surface area (Å²) >= 11 is 5.58. The van der Waals surface area contributed by atoms with Crippen LogP contribution < -0.4 is 5.32 Å². The Balaban J connectivity index is 1.99. The van der Waals surface area contributed by atoms with Crippen molar-refractivity contribution in [2.45, 2.75) is 26.4 Å². The summed E-state index contributed by atoms with van der Waals surface area (Å²) in [6, 6.07) is 5.67. The van der Waals surface area contributed by atoms with E-state index in [0.717, 1.165) is 17.4 Å². The summed E-state index contributed by atoms with van der Waals surface area (Å²) in [4.78, 5) is 12.0. The molecule has 0 bridgehead atoms. The number of carbonyl (C=O) groups excluding carboxylic acids is 1. The first-order chi connectivity index (χ1) is 10.4.